The Bertz CT molecular complexity index is 1340. The fourth-order valence-corrected chi connectivity index (χ4v) is 23.7. The van der Waals surface area contributed by atoms with Crippen LogP contribution in [0, 0.1) is 141 Å². The predicted octanol–water partition coefficient (Wildman–Crippen LogP) is 12.5. The highest BCUT2D eigenvalue weighted by Gasteiger charge is 2.77. The van der Waals surface area contributed by atoms with Crippen molar-refractivity contribution in [3.63, 3.8) is 0 Å². The summed E-state index contributed by atoms with van der Waals surface area (Å²) in [7, 11) is 0. The summed E-state index contributed by atoms with van der Waals surface area (Å²) < 4.78 is 0. The maximum Gasteiger partial charge on any atom is -0.0199 e. The van der Waals surface area contributed by atoms with Gasteiger partial charge in [-0.25, -0.2) is 0 Å². The first kappa shape index (κ1) is 29.4. The molecule has 0 heteroatoms. The molecule has 0 radical (unpaired) electrons. The van der Waals surface area contributed by atoms with Crippen LogP contribution in [0.4, 0.5) is 0 Å². The summed E-state index contributed by atoms with van der Waals surface area (Å²) >= 11 is 0. The van der Waals surface area contributed by atoms with Crippen LogP contribution in [0.2, 0.25) is 0 Å². The first-order valence-electron chi connectivity index (χ1n) is 24.2. The van der Waals surface area contributed by atoms with Crippen molar-refractivity contribution >= 4 is 0 Å². The molecule has 0 amide bonds. The molecule has 14 saturated carbocycles. The molecular formula is C49H72. The van der Waals surface area contributed by atoms with Crippen molar-refractivity contribution in [2.45, 2.75) is 161 Å². The van der Waals surface area contributed by atoms with E-state index in [0.717, 1.165) is 75.9 Å². The molecule has 0 aromatic carbocycles. The third kappa shape index (κ3) is 3.56. The van der Waals surface area contributed by atoms with Gasteiger partial charge < -0.3 is 0 Å². The van der Waals surface area contributed by atoms with Crippen LogP contribution in [0.15, 0.2) is 0 Å². The summed E-state index contributed by atoms with van der Waals surface area (Å²) in [6, 6.07) is 0. The lowest BCUT2D eigenvalue weighted by molar-refractivity contribution is -0.0869. The second-order valence-corrected chi connectivity index (χ2v) is 24.3. The molecule has 23 unspecified atom stereocenters. The van der Waals surface area contributed by atoms with E-state index in [9.17, 15) is 0 Å². The Labute approximate surface area is 300 Å². The summed E-state index contributed by atoms with van der Waals surface area (Å²) in [6.07, 6.45) is 42.0. The zero-order valence-electron chi connectivity index (χ0n) is 31.4. The van der Waals surface area contributed by atoms with Gasteiger partial charge in [-0.15, -0.1) is 0 Å². The van der Waals surface area contributed by atoms with Crippen molar-refractivity contribution in [2.24, 2.45) is 141 Å². The number of rotatable bonds is 6. The van der Waals surface area contributed by atoms with E-state index in [1.165, 1.54) is 65.1 Å². The van der Waals surface area contributed by atoms with E-state index in [1.54, 1.807) is 161 Å². The van der Waals surface area contributed by atoms with Crippen molar-refractivity contribution in [3.8, 4) is 0 Å². The second-order valence-electron chi connectivity index (χ2n) is 24.3. The lowest BCUT2D eigenvalue weighted by Gasteiger charge is -2.56. The normalized spacial score (nSPS) is 68.6. The quantitative estimate of drug-likeness (QED) is 0.266. The number of hydrogen-bond donors (Lipinski definition) is 0. The summed E-state index contributed by atoms with van der Waals surface area (Å²) in [5.41, 5.74) is 1.62. The van der Waals surface area contributed by atoms with Crippen LogP contribution in [0.25, 0.3) is 0 Å². The molecule has 0 heterocycles. The highest BCUT2D eigenvalue weighted by molar-refractivity contribution is 5.25. The van der Waals surface area contributed by atoms with Crippen LogP contribution in [0.3, 0.4) is 0 Å². The van der Waals surface area contributed by atoms with Crippen molar-refractivity contribution in [3.05, 3.63) is 0 Å². The molecule has 23 atom stereocenters. The van der Waals surface area contributed by atoms with Gasteiger partial charge in [0.15, 0.2) is 0 Å². The molecule has 14 rings (SSSR count). The van der Waals surface area contributed by atoms with Gasteiger partial charge in [0.2, 0.25) is 0 Å². The summed E-state index contributed by atoms with van der Waals surface area (Å²) in [4.78, 5) is 0. The zero-order chi connectivity index (χ0) is 31.4. The highest BCUT2D eigenvalue weighted by Crippen LogP contribution is 2.83. The summed E-state index contributed by atoms with van der Waals surface area (Å²) in [6.45, 7) is 0. The Kier molecular flexibility index (Phi) is 5.99. The molecular weight excluding hydrogens is 589 g/mol. The average Bonchev–Trinajstić information content (AvgIpc) is 4.00. The molecule has 0 spiro atoms. The van der Waals surface area contributed by atoms with Gasteiger partial charge in [-0.05, 0) is 269 Å². The van der Waals surface area contributed by atoms with Crippen LogP contribution >= 0.6 is 0 Å². The van der Waals surface area contributed by atoms with E-state index in [1.807, 2.05) is 0 Å². The molecule has 14 aliphatic carbocycles. The minimum Gasteiger partial charge on any atom is -0.0502 e. The molecule has 0 aromatic rings. The molecule has 0 nitrogen and oxygen atoms in total. The van der Waals surface area contributed by atoms with Gasteiger partial charge in [0.25, 0.3) is 0 Å². The SMILES string of the molecule is C1CC2CC1CC2C1C2CCC(C1C1CC3CCC1C3)C2C1(C2CC3CCC2C3)CC2CCC1C2C1(C2CC3CCC2C3)CC2CCC1C2. The van der Waals surface area contributed by atoms with Crippen molar-refractivity contribution in [2.75, 3.05) is 0 Å². The molecule has 49 heavy (non-hydrogen) atoms. The summed E-state index contributed by atoms with van der Waals surface area (Å²) in [5, 5.41) is 0. The Hall–Kier alpha value is 0. The standard InChI is InChI=1S/C49H72/c1-6-31-15-26(1)20-39(31)44-37-12-13-38(45(44)40-21-27-2-7-32(40)16-27)47(37)49(43-23-29-4-9-34(43)18-29)25-35-10-14-41(49)46(35)48(24-30-5-11-36(48)19-30)42-22-28-3-8-33(42)17-28/h26-47H,1-25H2. The first-order valence-corrected chi connectivity index (χ1v) is 24.2. The minimum atomic E-state index is 0.800. The van der Waals surface area contributed by atoms with Crippen LogP contribution < -0.4 is 0 Å². The largest absolute Gasteiger partial charge is 0.0502 e. The smallest absolute Gasteiger partial charge is 0.0199 e. The third-order valence-corrected chi connectivity index (χ3v) is 23.9. The average molecular weight is 661 g/mol. The van der Waals surface area contributed by atoms with Crippen LogP contribution in [0.5, 0.6) is 0 Å². The van der Waals surface area contributed by atoms with Crippen molar-refractivity contribution in [1.29, 1.82) is 0 Å². The van der Waals surface area contributed by atoms with Gasteiger partial charge >= 0.3 is 0 Å². The fraction of sp³-hybridized carbons (Fsp3) is 1.00. The van der Waals surface area contributed by atoms with Gasteiger partial charge in [-0.2, -0.15) is 0 Å². The number of fused-ring (bicyclic) bond motifs is 14. The Morgan fingerprint density at radius 2 is 0.816 bits per heavy atom. The van der Waals surface area contributed by atoms with Crippen molar-refractivity contribution < 1.29 is 0 Å². The maximum atomic E-state index is 1.79. The van der Waals surface area contributed by atoms with E-state index in [4.69, 9.17) is 0 Å². The minimum absolute atomic E-state index is 0.800. The van der Waals surface area contributed by atoms with Gasteiger partial charge in [-0.3, -0.25) is 0 Å². The molecule has 14 aliphatic rings. The number of hydrogen-bond acceptors (Lipinski definition) is 0. The molecule has 0 aromatic heterocycles. The topological polar surface area (TPSA) is 0 Å². The molecule has 0 aliphatic heterocycles. The van der Waals surface area contributed by atoms with E-state index in [2.05, 4.69) is 0 Å². The molecule has 14 fully saturated rings. The molecule has 268 valence electrons. The third-order valence-electron chi connectivity index (χ3n) is 23.9. The van der Waals surface area contributed by atoms with E-state index >= 15 is 0 Å². The predicted molar refractivity (Wildman–Crippen MR) is 197 cm³/mol. The van der Waals surface area contributed by atoms with Crippen LogP contribution in [-0.4, -0.2) is 0 Å². The fourth-order valence-electron chi connectivity index (χ4n) is 23.7. The molecule has 14 bridgehead atoms. The van der Waals surface area contributed by atoms with Gasteiger partial charge in [-0.1, -0.05) is 32.1 Å². The van der Waals surface area contributed by atoms with Crippen LogP contribution in [0.1, 0.15) is 161 Å². The second kappa shape index (κ2) is 9.99. The zero-order valence-corrected chi connectivity index (χ0v) is 31.4. The molecule has 0 saturated heterocycles. The Morgan fingerprint density at radius 3 is 1.29 bits per heavy atom. The lowest BCUT2D eigenvalue weighted by Crippen LogP contribution is -2.51. The van der Waals surface area contributed by atoms with E-state index < -0.39 is 0 Å². The maximum absolute atomic E-state index is 1.79. The highest BCUT2D eigenvalue weighted by atomic mass is 14.8. The van der Waals surface area contributed by atoms with Gasteiger partial charge in [0.05, 0.1) is 0 Å². The first-order chi connectivity index (χ1) is 24.2. The lowest BCUT2D eigenvalue weighted by atomic mass is 9.48. The van der Waals surface area contributed by atoms with Crippen LogP contribution in [-0.2, 0) is 0 Å². The Morgan fingerprint density at radius 1 is 0.286 bits per heavy atom. The van der Waals surface area contributed by atoms with E-state index in [0.29, 0.717) is 0 Å². The Balaban J connectivity index is 0.912. The van der Waals surface area contributed by atoms with Gasteiger partial charge in [0, 0.05) is 0 Å². The van der Waals surface area contributed by atoms with E-state index in [-0.39, 0.29) is 0 Å². The molecule has 0 N–H and O–H groups in total. The summed E-state index contributed by atoms with van der Waals surface area (Å²) in [5.74, 6) is 25.7. The monoisotopic (exact) mass is 661 g/mol. The van der Waals surface area contributed by atoms with Crippen molar-refractivity contribution in [1.82, 2.24) is 0 Å². The van der Waals surface area contributed by atoms with Gasteiger partial charge in [0.1, 0.15) is 0 Å².